The second-order valence-corrected chi connectivity index (χ2v) is 9.09. The zero-order chi connectivity index (χ0) is 22.3. The van der Waals surface area contributed by atoms with Gasteiger partial charge in [0.05, 0.1) is 21.3 Å². The Morgan fingerprint density at radius 1 is 1.27 bits per heavy atom. The molecule has 7 nitrogen and oxygen atoms in total. The van der Waals surface area contributed by atoms with Crippen molar-refractivity contribution in [3.63, 3.8) is 0 Å². The highest BCUT2D eigenvalue weighted by molar-refractivity contribution is 7.17. The molecule has 1 atom stereocenters. The van der Waals surface area contributed by atoms with Crippen LogP contribution in [-0.4, -0.2) is 48.6 Å². The Labute approximate surface area is 176 Å². The lowest BCUT2D eigenvalue weighted by Gasteiger charge is -2.23. The molecule has 1 aliphatic heterocycles. The lowest BCUT2D eigenvalue weighted by atomic mass is 10.1. The molecular weight excluding hydrogens is 419 g/mol. The molecule has 0 radical (unpaired) electrons. The van der Waals surface area contributed by atoms with E-state index >= 15 is 0 Å². The molecule has 3 rings (SSSR count). The molecule has 30 heavy (non-hydrogen) atoms. The van der Waals surface area contributed by atoms with Gasteiger partial charge in [-0.25, -0.2) is 9.78 Å². The van der Waals surface area contributed by atoms with Gasteiger partial charge in [-0.1, -0.05) is 0 Å². The van der Waals surface area contributed by atoms with E-state index in [4.69, 9.17) is 0 Å². The third-order valence-corrected chi connectivity index (χ3v) is 5.62. The third kappa shape index (κ3) is 4.77. The summed E-state index contributed by atoms with van der Waals surface area (Å²) in [6.07, 6.45) is -4.00. The smallest absolute Gasteiger partial charge is 0.355 e. The van der Waals surface area contributed by atoms with E-state index in [1.54, 1.807) is 4.90 Å². The summed E-state index contributed by atoms with van der Waals surface area (Å²) in [6, 6.07) is 0.470. The average molecular weight is 443 g/mol. The first kappa shape index (κ1) is 22.1. The molecule has 0 aromatic carbocycles. The summed E-state index contributed by atoms with van der Waals surface area (Å²) in [7, 11) is 1.42. The molecule has 2 aromatic rings. The molecule has 2 aromatic heterocycles. The van der Waals surface area contributed by atoms with Crippen molar-refractivity contribution >= 4 is 39.3 Å². The molecule has 0 aliphatic carbocycles. The van der Waals surface area contributed by atoms with Crippen molar-refractivity contribution in [3.05, 3.63) is 22.6 Å². The maximum atomic E-state index is 13.7. The van der Waals surface area contributed by atoms with Crippen molar-refractivity contribution in [2.75, 3.05) is 25.0 Å². The van der Waals surface area contributed by atoms with Crippen LogP contribution in [0.3, 0.4) is 0 Å². The van der Waals surface area contributed by atoms with Crippen LogP contribution in [0.2, 0.25) is 0 Å². The second-order valence-electron chi connectivity index (χ2n) is 8.21. The van der Waals surface area contributed by atoms with Crippen LogP contribution in [0, 0.1) is 0 Å². The quantitative estimate of drug-likeness (QED) is 0.679. The summed E-state index contributed by atoms with van der Waals surface area (Å²) in [5.41, 5.74) is -1.06. The van der Waals surface area contributed by atoms with Gasteiger partial charge in [-0.2, -0.15) is 13.2 Å². The zero-order valence-corrected chi connectivity index (χ0v) is 17.9. The van der Waals surface area contributed by atoms with E-state index in [0.29, 0.717) is 19.5 Å². The number of anilines is 1. The number of rotatable bonds is 3. The monoisotopic (exact) mass is 443 g/mol. The average Bonchev–Trinajstić information content (AvgIpc) is 3.24. The minimum atomic E-state index is -4.58. The first-order valence-electron chi connectivity index (χ1n) is 9.44. The predicted octanol–water partition coefficient (Wildman–Crippen LogP) is 3.35. The number of hydrogen-bond donors (Lipinski definition) is 3. The lowest BCUT2D eigenvalue weighted by molar-refractivity contribution is -0.136. The maximum absolute atomic E-state index is 13.7. The van der Waals surface area contributed by atoms with Gasteiger partial charge in [0, 0.05) is 37.1 Å². The van der Waals surface area contributed by atoms with Gasteiger partial charge in [0.1, 0.15) is 5.82 Å². The molecule has 1 aliphatic rings. The lowest BCUT2D eigenvalue weighted by Crippen LogP contribution is -2.50. The van der Waals surface area contributed by atoms with E-state index in [1.165, 1.54) is 12.4 Å². The molecular formula is C19H24F3N5O2S. The van der Waals surface area contributed by atoms with Gasteiger partial charge in [0.15, 0.2) is 0 Å². The number of thiophene rings is 1. The van der Waals surface area contributed by atoms with Crippen LogP contribution in [0.1, 0.15) is 43.1 Å². The minimum Gasteiger partial charge on any atom is -0.355 e. The van der Waals surface area contributed by atoms with E-state index < -0.39 is 23.2 Å². The maximum Gasteiger partial charge on any atom is 0.417 e. The molecule has 3 heterocycles. The number of halogens is 3. The Morgan fingerprint density at radius 3 is 2.57 bits per heavy atom. The van der Waals surface area contributed by atoms with Crippen molar-refractivity contribution in [1.29, 1.82) is 0 Å². The molecule has 1 saturated heterocycles. The standard InChI is InChI=1S/C19H24F3N5O2S/c1-18(2,3)26-17(29)24-10-5-6-27(8-10)13-7-12(19(20,21)22)15-14(25-13)11(9-30-15)16(28)23-4/h7,9-10H,5-6,8H2,1-4H3,(H,23,28)(H2,24,26,29). The number of amides is 3. The molecule has 1 unspecified atom stereocenters. The minimum absolute atomic E-state index is 0.0334. The SMILES string of the molecule is CNC(=O)c1csc2c(C(F)(F)F)cc(N3CCC(NC(=O)NC(C)(C)C)C3)nc12. The van der Waals surface area contributed by atoms with Crippen LogP contribution in [-0.2, 0) is 6.18 Å². The number of fused-ring (bicyclic) bond motifs is 1. The van der Waals surface area contributed by atoms with E-state index in [1.807, 2.05) is 20.8 Å². The molecule has 0 spiro atoms. The Balaban J connectivity index is 1.89. The van der Waals surface area contributed by atoms with E-state index in [9.17, 15) is 22.8 Å². The Bertz CT molecular complexity index is 967. The molecule has 3 amide bonds. The molecule has 3 N–H and O–H groups in total. The van der Waals surface area contributed by atoms with Gasteiger partial charge in [0.25, 0.3) is 5.91 Å². The fraction of sp³-hybridized carbons (Fsp3) is 0.526. The fourth-order valence-electron chi connectivity index (χ4n) is 3.31. The van der Waals surface area contributed by atoms with Gasteiger partial charge in [-0.3, -0.25) is 4.79 Å². The third-order valence-electron chi connectivity index (χ3n) is 4.62. The van der Waals surface area contributed by atoms with Gasteiger partial charge < -0.3 is 20.9 Å². The molecule has 0 bridgehead atoms. The predicted molar refractivity (Wildman–Crippen MR) is 110 cm³/mol. The van der Waals surface area contributed by atoms with Crippen molar-refractivity contribution < 1.29 is 22.8 Å². The summed E-state index contributed by atoms with van der Waals surface area (Å²) >= 11 is 0.849. The number of nitrogens with one attached hydrogen (secondary N) is 3. The van der Waals surface area contributed by atoms with E-state index in [-0.39, 0.29) is 33.7 Å². The molecule has 164 valence electrons. The second kappa shape index (κ2) is 7.93. The van der Waals surface area contributed by atoms with Crippen LogP contribution in [0.5, 0.6) is 0 Å². The number of pyridine rings is 1. The number of carbonyl (C=O) groups is 2. The van der Waals surface area contributed by atoms with Crippen molar-refractivity contribution in [1.82, 2.24) is 20.9 Å². The van der Waals surface area contributed by atoms with Gasteiger partial charge in [-0.05, 0) is 33.3 Å². The van der Waals surface area contributed by atoms with Crippen LogP contribution in [0.4, 0.5) is 23.8 Å². The number of hydrogen-bond acceptors (Lipinski definition) is 5. The highest BCUT2D eigenvalue weighted by Crippen LogP contribution is 2.40. The summed E-state index contributed by atoms with van der Waals surface area (Å²) in [5, 5.41) is 9.47. The molecule has 0 saturated carbocycles. The highest BCUT2D eigenvalue weighted by Gasteiger charge is 2.36. The topological polar surface area (TPSA) is 86.4 Å². The zero-order valence-electron chi connectivity index (χ0n) is 17.1. The van der Waals surface area contributed by atoms with Crippen LogP contribution in [0.25, 0.3) is 10.2 Å². The van der Waals surface area contributed by atoms with E-state index in [0.717, 1.165) is 17.4 Å². The van der Waals surface area contributed by atoms with Gasteiger partial charge in [-0.15, -0.1) is 11.3 Å². The summed E-state index contributed by atoms with van der Waals surface area (Å²) in [6.45, 7) is 6.34. The van der Waals surface area contributed by atoms with Gasteiger partial charge >= 0.3 is 12.2 Å². The Kier molecular flexibility index (Phi) is 5.85. The van der Waals surface area contributed by atoms with Crippen molar-refractivity contribution in [3.8, 4) is 0 Å². The number of alkyl halides is 3. The number of urea groups is 1. The number of nitrogens with zero attached hydrogens (tertiary/aromatic N) is 2. The summed E-state index contributed by atoms with van der Waals surface area (Å²) in [5.74, 6) is -0.349. The molecule has 11 heteroatoms. The Hall–Kier alpha value is -2.56. The normalized spacial score (nSPS) is 17.3. The summed E-state index contributed by atoms with van der Waals surface area (Å²) < 4.78 is 41.0. The molecule has 1 fully saturated rings. The van der Waals surface area contributed by atoms with Crippen molar-refractivity contribution in [2.45, 2.75) is 44.9 Å². The van der Waals surface area contributed by atoms with Crippen LogP contribution >= 0.6 is 11.3 Å². The number of carbonyl (C=O) groups excluding carboxylic acids is 2. The Morgan fingerprint density at radius 2 is 1.97 bits per heavy atom. The first-order chi connectivity index (χ1) is 13.9. The van der Waals surface area contributed by atoms with Gasteiger partial charge in [0.2, 0.25) is 0 Å². The highest BCUT2D eigenvalue weighted by atomic mass is 32.1. The number of aromatic nitrogens is 1. The van der Waals surface area contributed by atoms with Crippen molar-refractivity contribution in [2.24, 2.45) is 0 Å². The largest absolute Gasteiger partial charge is 0.417 e. The first-order valence-corrected chi connectivity index (χ1v) is 10.3. The van der Waals surface area contributed by atoms with Crippen LogP contribution in [0.15, 0.2) is 11.4 Å². The summed E-state index contributed by atoms with van der Waals surface area (Å²) in [4.78, 5) is 30.2. The fourth-order valence-corrected chi connectivity index (χ4v) is 4.34. The van der Waals surface area contributed by atoms with Crippen LogP contribution < -0.4 is 20.9 Å². The van der Waals surface area contributed by atoms with E-state index in [2.05, 4.69) is 20.9 Å².